The molecule has 0 unspecified atom stereocenters. The largest absolute Gasteiger partial charge is 0.467 e. The highest BCUT2D eigenvalue weighted by Gasteiger charge is 2.02. The van der Waals surface area contributed by atoms with E-state index in [4.69, 9.17) is 4.42 Å². The van der Waals surface area contributed by atoms with Crippen molar-refractivity contribution in [2.75, 3.05) is 10.6 Å². The van der Waals surface area contributed by atoms with Crippen LogP contribution in [0.25, 0.3) is 0 Å². The third-order valence-electron chi connectivity index (χ3n) is 2.85. The van der Waals surface area contributed by atoms with E-state index in [0.29, 0.717) is 18.3 Å². The molecular weight excluding hydrogens is 266 g/mol. The van der Waals surface area contributed by atoms with Gasteiger partial charge in [-0.1, -0.05) is 12.1 Å². The minimum absolute atomic E-state index is 0.448. The molecule has 0 amide bonds. The van der Waals surface area contributed by atoms with Gasteiger partial charge in [0.25, 0.3) is 0 Å². The first kappa shape index (κ1) is 13.1. The average molecular weight is 281 g/mol. The molecule has 6 heteroatoms. The van der Waals surface area contributed by atoms with Crippen molar-refractivity contribution in [3.05, 3.63) is 60.2 Å². The van der Waals surface area contributed by atoms with Crippen LogP contribution >= 0.6 is 0 Å². The van der Waals surface area contributed by atoms with Crippen molar-refractivity contribution in [1.82, 2.24) is 15.2 Å². The van der Waals surface area contributed by atoms with Gasteiger partial charge in [0.15, 0.2) is 5.82 Å². The van der Waals surface area contributed by atoms with Crippen molar-refractivity contribution in [3.8, 4) is 0 Å². The first-order valence-electron chi connectivity index (χ1n) is 6.59. The zero-order valence-corrected chi connectivity index (χ0v) is 11.6. The Morgan fingerprint density at radius 2 is 2.14 bits per heavy atom. The highest BCUT2D eigenvalue weighted by molar-refractivity contribution is 5.56. The lowest BCUT2D eigenvalue weighted by Gasteiger charge is -2.07. The fourth-order valence-electron chi connectivity index (χ4n) is 1.89. The summed E-state index contributed by atoms with van der Waals surface area (Å²) in [7, 11) is 0. The first-order chi connectivity index (χ1) is 10.3. The van der Waals surface area contributed by atoms with E-state index in [0.717, 1.165) is 11.4 Å². The number of rotatable bonds is 5. The summed E-state index contributed by atoms with van der Waals surface area (Å²) in [5, 5.41) is 14.1. The van der Waals surface area contributed by atoms with Crippen LogP contribution < -0.4 is 10.6 Å². The highest BCUT2D eigenvalue weighted by Crippen LogP contribution is 2.15. The number of hydrogen-bond acceptors (Lipinski definition) is 6. The van der Waals surface area contributed by atoms with Crippen LogP contribution in [0.5, 0.6) is 0 Å². The number of nitrogens with one attached hydrogen (secondary N) is 2. The van der Waals surface area contributed by atoms with Crippen molar-refractivity contribution in [3.63, 3.8) is 0 Å². The Labute approximate surface area is 122 Å². The van der Waals surface area contributed by atoms with Crippen molar-refractivity contribution in [2.45, 2.75) is 13.5 Å². The van der Waals surface area contributed by atoms with E-state index in [9.17, 15) is 0 Å². The molecule has 1 aromatic carbocycles. The van der Waals surface area contributed by atoms with Gasteiger partial charge in [-0.25, -0.2) is 0 Å². The number of nitrogens with zero attached hydrogens (tertiary/aromatic N) is 3. The van der Waals surface area contributed by atoms with E-state index in [2.05, 4.69) is 25.8 Å². The fraction of sp³-hybridized carbons (Fsp3) is 0.133. The predicted octanol–water partition coefficient (Wildman–Crippen LogP) is 3.13. The third-order valence-corrected chi connectivity index (χ3v) is 2.85. The third kappa shape index (κ3) is 3.56. The molecule has 2 heterocycles. The van der Waals surface area contributed by atoms with Gasteiger partial charge in [0.1, 0.15) is 5.76 Å². The van der Waals surface area contributed by atoms with Crippen LogP contribution in [0.3, 0.4) is 0 Å². The zero-order chi connectivity index (χ0) is 14.5. The maximum atomic E-state index is 5.24. The molecule has 0 aliphatic rings. The van der Waals surface area contributed by atoms with Crippen LogP contribution in [-0.4, -0.2) is 15.2 Å². The first-order valence-corrected chi connectivity index (χ1v) is 6.59. The number of hydrogen-bond donors (Lipinski definition) is 2. The second-order valence-electron chi connectivity index (χ2n) is 4.59. The van der Waals surface area contributed by atoms with Crippen LogP contribution in [0.4, 0.5) is 17.5 Å². The molecule has 3 rings (SSSR count). The predicted molar refractivity (Wildman–Crippen MR) is 80.3 cm³/mol. The molecule has 106 valence electrons. The van der Waals surface area contributed by atoms with E-state index < -0.39 is 0 Å². The SMILES string of the molecule is Cc1cccc(Nc2cnnc(NCc3ccco3)n2)c1. The maximum Gasteiger partial charge on any atom is 0.245 e. The summed E-state index contributed by atoms with van der Waals surface area (Å²) in [4.78, 5) is 4.36. The lowest BCUT2D eigenvalue weighted by atomic mass is 10.2. The molecule has 0 radical (unpaired) electrons. The summed E-state index contributed by atoms with van der Waals surface area (Å²) in [6.45, 7) is 2.56. The van der Waals surface area contributed by atoms with Gasteiger partial charge in [0, 0.05) is 5.69 Å². The number of anilines is 3. The standard InChI is InChI=1S/C15H15N5O/c1-11-4-2-5-12(8-11)18-14-10-17-20-15(19-14)16-9-13-6-3-7-21-13/h2-8,10H,9H2,1H3,(H2,16,18,19,20). The van der Waals surface area contributed by atoms with Gasteiger partial charge in [0.2, 0.25) is 5.95 Å². The summed E-state index contributed by atoms with van der Waals surface area (Å²) in [5.74, 6) is 1.90. The Morgan fingerprint density at radius 1 is 1.19 bits per heavy atom. The molecule has 2 aromatic heterocycles. The molecule has 0 bridgehead atoms. The lowest BCUT2D eigenvalue weighted by molar-refractivity contribution is 0.517. The van der Waals surface area contributed by atoms with Gasteiger partial charge in [0.05, 0.1) is 19.0 Å². The van der Waals surface area contributed by atoms with E-state index in [-0.39, 0.29) is 0 Å². The molecule has 0 atom stereocenters. The molecular formula is C15H15N5O. The molecule has 0 spiro atoms. The van der Waals surface area contributed by atoms with Crippen LogP contribution in [0.1, 0.15) is 11.3 Å². The van der Waals surface area contributed by atoms with E-state index in [1.54, 1.807) is 12.5 Å². The molecule has 0 saturated heterocycles. The monoisotopic (exact) mass is 281 g/mol. The Bertz CT molecular complexity index is 712. The van der Waals surface area contributed by atoms with E-state index in [1.807, 2.05) is 43.3 Å². The van der Waals surface area contributed by atoms with E-state index >= 15 is 0 Å². The maximum absolute atomic E-state index is 5.24. The van der Waals surface area contributed by atoms with Gasteiger partial charge < -0.3 is 15.1 Å². The van der Waals surface area contributed by atoms with Crippen LogP contribution in [0.2, 0.25) is 0 Å². The molecule has 21 heavy (non-hydrogen) atoms. The Balaban J connectivity index is 1.68. The van der Waals surface area contributed by atoms with Crippen LogP contribution in [0, 0.1) is 6.92 Å². The van der Waals surface area contributed by atoms with Crippen molar-refractivity contribution in [2.24, 2.45) is 0 Å². The molecule has 2 N–H and O–H groups in total. The van der Waals surface area contributed by atoms with Crippen molar-refractivity contribution < 1.29 is 4.42 Å². The topological polar surface area (TPSA) is 75.9 Å². The highest BCUT2D eigenvalue weighted by atomic mass is 16.3. The van der Waals surface area contributed by atoms with Gasteiger partial charge in [-0.3, -0.25) is 0 Å². The number of aromatic nitrogens is 3. The zero-order valence-electron chi connectivity index (χ0n) is 11.6. The molecule has 0 fully saturated rings. The second kappa shape index (κ2) is 6.04. The molecule has 0 aliphatic carbocycles. The summed E-state index contributed by atoms with van der Waals surface area (Å²) in [6.07, 6.45) is 3.21. The second-order valence-corrected chi connectivity index (χ2v) is 4.59. The van der Waals surface area contributed by atoms with Gasteiger partial charge in [-0.05, 0) is 36.8 Å². The fourth-order valence-corrected chi connectivity index (χ4v) is 1.89. The molecule has 3 aromatic rings. The Morgan fingerprint density at radius 3 is 2.95 bits per heavy atom. The van der Waals surface area contributed by atoms with Gasteiger partial charge >= 0.3 is 0 Å². The number of benzene rings is 1. The smallest absolute Gasteiger partial charge is 0.245 e. The van der Waals surface area contributed by atoms with Crippen LogP contribution in [-0.2, 0) is 6.54 Å². The molecule has 6 nitrogen and oxygen atoms in total. The van der Waals surface area contributed by atoms with Crippen LogP contribution in [0.15, 0.2) is 53.3 Å². The quantitative estimate of drug-likeness (QED) is 0.748. The summed E-state index contributed by atoms with van der Waals surface area (Å²) in [6, 6.07) is 11.8. The molecule has 0 aliphatic heterocycles. The van der Waals surface area contributed by atoms with Crippen molar-refractivity contribution in [1.29, 1.82) is 0 Å². The van der Waals surface area contributed by atoms with Gasteiger partial charge in [-0.15, -0.1) is 5.10 Å². The number of furan rings is 1. The summed E-state index contributed by atoms with van der Waals surface area (Å²) >= 11 is 0. The normalized spacial score (nSPS) is 10.3. The van der Waals surface area contributed by atoms with E-state index in [1.165, 1.54) is 5.56 Å². The molecule has 0 saturated carbocycles. The lowest BCUT2D eigenvalue weighted by Crippen LogP contribution is -2.05. The minimum atomic E-state index is 0.448. The van der Waals surface area contributed by atoms with Crippen molar-refractivity contribution >= 4 is 17.5 Å². The Hall–Kier alpha value is -2.89. The number of aryl methyl sites for hydroxylation is 1. The summed E-state index contributed by atoms with van der Waals surface area (Å²) < 4.78 is 5.24. The average Bonchev–Trinajstić information content (AvgIpc) is 2.99. The summed E-state index contributed by atoms with van der Waals surface area (Å²) in [5.41, 5.74) is 2.14. The Kier molecular flexibility index (Phi) is 3.77. The van der Waals surface area contributed by atoms with Gasteiger partial charge in [-0.2, -0.15) is 10.1 Å². The minimum Gasteiger partial charge on any atom is -0.467 e.